The Bertz CT molecular complexity index is 1990. The Morgan fingerprint density at radius 2 is 1.68 bits per heavy atom. The average molecular weight is 681 g/mol. The molecule has 1 N–H and O–H groups in total. The van der Waals surface area contributed by atoms with Crippen LogP contribution in [0, 0.1) is 6.92 Å². The number of hydrogen-bond donors (Lipinski definition) is 1. The molecule has 50 heavy (non-hydrogen) atoms. The minimum Gasteiger partial charge on any atom is -0.496 e. The summed E-state index contributed by atoms with van der Waals surface area (Å²) in [5.74, 6) is 1.73. The zero-order valence-electron chi connectivity index (χ0n) is 29.5. The molecule has 2 aliphatic rings. The van der Waals surface area contributed by atoms with Gasteiger partial charge in [0.05, 0.1) is 19.6 Å². The summed E-state index contributed by atoms with van der Waals surface area (Å²) in [5.41, 5.74) is 5.79. The first-order valence-electron chi connectivity index (χ1n) is 16.8. The molecule has 2 fully saturated rings. The molecule has 2 saturated heterocycles. The summed E-state index contributed by atoms with van der Waals surface area (Å²) in [6.45, 7) is 3.98. The summed E-state index contributed by atoms with van der Waals surface area (Å²) in [6, 6.07) is 11.6. The molecule has 0 radical (unpaired) electrons. The van der Waals surface area contributed by atoms with Crippen molar-refractivity contribution in [1.29, 1.82) is 0 Å². The van der Waals surface area contributed by atoms with E-state index in [2.05, 4.69) is 27.3 Å². The highest BCUT2D eigenvalue weighted by Crippen LogP contribution is 2.44. The number of fused-ring (bicyclic) bond motifs is 1. The van der Waals surface area contributed by atoms with E-state index in [9.17, 15) is 19.2 Å². The standard InChI is InChI=1S/C38H44N6O6/c1-23-15-27(8-7-25(23)20-44(22-45)31-9-10-35(46)40-37(31)47)43-13-11-24(12-14-43)36-32(49-5)16-26(17-33(36)50-6)30-21-42(4)38(48)29-19-39-34(41(2)3)18-28(29)30/h7-8,15-19,21-22,24,31H,9-14,20H2,1-6H3,(H,40,46,47). The molecule has 2 aromatic heterocycles. The number of rotatable bonds is 10. The van der Waals surface area contributed by atoms with Gasteiger partial charge in [0.25, 0.3) is 5.56 Å². The van der Waals surface area contributed by atoms with Gasteiger partial charge >= 0.3 is 0 Å². The smallest absolute Gasteiger partial charge is 0.259 e. The predicted molar refractivity (Wildman–Crippen MR) is 193 cm³/mol. The van der Waals surface area contributed by atoms with E-state index >= 15 is 0 Å². The number of ether oxygens (including phenoxy) is 2. The normalized spacial score (nSPS) is 16.7. The molecule has 12 nitrogen and oxygen atoms in total. The highest BCUT2D eigenvalue weighted by atomic mass is 16.5. The van der Waals surface area contributed by atoms with Crippen molar-refractivity contribution in [1.82, 2.24) is 19.8 Å². The van der Waals surface area contributed by atoms with Crippen LogP contribution in [0.4, 0.5) is 11.5 Å². The van der Waals surface area contributed by atoms with Crippen molar-refractivity contribution >= 4 is 40.5 Å². The average Bonchev–Trinajstić information content (AvgIpc) is 3.12. The number of nitrogens with one attached hydrogen (secondary N) is 1. The number of pyridine rings is 2. The summed E-state index contributed by atoms with van der Waals surface area (Å²) in [6.07, 6.45) is 6.52. The largest absolute Gasteiger partial charge is 0.496 e. The number of aryl methyl sites for hydroxylation is 2. The Morgan fingerprint density at radius 3 is 2.28 bits per heavy atom. The molecule has 0 spiro atoms. The zero-order chi connectivity index (χ0) is 35.7. The Morgan fingerprint density at radius 1 is 0.980 bits per heavy atom. The molecule has 262 valence electrons. The van der Waals surface area contributed by atoms with E-state index in [1.807, 2.05) is 56.4 Å². The predicted octanol–water partition coefficient (Wildman–Crippen LogP) is 4.14. The van der Waals surface area contributed by atoms with Crippen molar-refractivity contribution in [3.63, 3.8) is 0 Å². The van der Waals surface area contributed by atoms with Crippen molar-refractivity contribution in [2.75, 3.05) is 51.2 Å². The van der Waals surface area contributed by atoms with Crippen molar-refractivity contribution in [3.8, 4) is 22.6 Å². The van der Waals surface area contributed by atoms with E-state index in [1.165, 1.54) is 4.90 Å². The van der Waals surface area contributed by atoms with Gasteiger partial charge in [0.2, 0.25) is 18.2 Å². The van der Waals surface area contributed by atoms with Crippen LogP contribution in [-0.4, -0.2) is 80.1 Å². The number of benzene rings is 2. The SMILES string of the molecule is COc1cc(-c2cn(C)c(=O)c3cnc(N(C)C)cc23)cc(OC)c1C1CCN(c2ccc(CN(C=O)C3CCC(=O)NC3=O)c(C)c2)CC1. The van der Waals surface area contributed by atoms with Gasteiger partial charge in [-0.3, -0.25) is 24.5 Å². The molecule has 4 heterocycles. The number of carbonyl (C=O) groups excluding carboxylic acids is 3. The maximum absolute atomic E-state index is 13.0. The number of imide groups is 1. The molecule has 0 saturated carbocycles. The van der Waals surface area contributed by atoms with Crippen molar-refractivity contribution in [2.24, 2.45) is 7.05 Å². The van der Waals surface area contributed by atoms with Crippen LogP contribution in [0.1, 0.15) is 48.3 Å². The molecule has 12 heteroatoms. The minimum absolute atomic E-state index is 0.108. The van der Waals surface area contributed by atoms with Crippen LogP contribution in [0.3, 0.4) is 0 Å². The lowest BCUT2D eigenvalue weighted by Crippen LogP contribution is -2.51. The molecular weight excluding hydrogens is 636 g/mol. The molecule has 0 bridgehead atoms. The van der Waals surface area contributed by atoms with Crippen molar-refractivity contribution in [3.05, 3.63) is 75.8 Å². The maximum atomic E-state index is 13.0. The summed E-state index contributed by atoms with van der Waals surface area (Å²) >= 11 is 0. The monoisotopic (exact) mass is 680 g/mol. The summed E-state index contributed by atoms with van der Waals surface area (Å²) < 4.78 is 13.6. The number of methoxy groups -OCH3 is 2. The van der Waals surface area contributed by atoms with Crippen molar-refractivity contribution < 1.29 is 23.9 Å². The van der Waals surface area contributed by atoms with E-state index in [0.717, 1.165) is 82.1 Å². The number of nitrogens with zero attached hydrogens (tertiary/aromatic N) is 5. The Kier molecular flexibility index (Phi) is 9.81. The Hall–Kier alpha value is -5.39. The first-order chi connectivity index (χ1) is 24.0. The fraction of sp³-hybridized carbons (Fsp3) is 0.395. The molecule has 1 atom stereocenters. The number of amides is 3. The third-order valence-corrected chi connectivity index (χ3v) is 10.1. The van der Waals surface area contributed by atoms with Gasteiger partial charge in [-0.1, -0.05) is 6.07 Å². The van der Waals surface area contributed by atoms with Crippen LogP contribution in [0.5, 0.6) is 11.5 Å². The second-order valence-electron chi connectivity index (χ2n) is 13.4. The second kappa shape index (κ2) is 14.2. The van der Waals surface area contributed by atoms with Gasteiger partial charge in [0, 0.05) is 81.8 Å². The molecule has 0 aliphatic carbocycles. The lowest BCUT2D eigenvalue weighted by Gasteiger charge is -2.35. The van der Waals surface area contributed by atoms with Gasteiger partial charge in [-0.15, -0.1) is 0 Å². The van der Waals surface area contributed by atoms with Gasteiger partial charge < -0.3 is 28.7 Å². The second-order valence-corrected chi connectivity index (χ2v) is 13.4. The van der Waals surface area contributed by atoms with Gasteiger partial charge in [0.1, 0.15) is 23.4 Å². The lowest BCUT2D eigenvalue weighted by molar-refractivity contribution is -0.141. The minimum atomic E-state index is -0.652. The first kappa shape index (κ1) is 34.5. The summed E-state index contributed by atoms with van der Waals surface area (Å²) in [7, 11) is 8.96. The first-order valence-corrected chi connectivity index (χ1v) is 16.8. The van der Waals surface area contributed by atoms with Crippen LogP contribution in [0.25, 0.3) is 21.9 Å². The summed E-state index contributed by atoms with van der Waals surface area (Å²) in [4.78, 5) is 59.1. The zero-order valence-corrected chi connectivity index (χ0v) is 29.5. The molecule has 2 aliphatic heterocycles. The Labute approximate surface area is 291 Å². The summed E-state index contributed by atoms with van der Waals surface area (Å²) in [5, 5.41) is 3.69. The third-order valence-electron chi connectivity index (χ3n) is 10.1. The van der Waals surface area contributed by atoms with Crippen molar-refractivity contribution in [2.45, 2.75) is 51.1 Å². The Balaban J connectivity index is 1.22. The van der Waals surface area contributed by atoms with Gasteiger partial charge in [0.15, 0.2) is 0 Å². The molecule has 2 aromatic carbocycles. The molecule has 1 unspecified atom stereocenters. The number of piperidine rings is 2. The number of carbonyl (C=O) groups is 3. The fourth-order valence-electron chi connectivity index (χ4n) is 7.22. The van der Waals surface area contributed by atoms with Crippen LogP contribution in [-0.2, 0) is 28.0 Å². The number of aromatic nitrogens is 2. The van der Waals surface area contributed by atoms with E-state index in [1.54, 1.807) is 32.0 Å². The van der Waals surface area contributed by atoms with Crippen LogP contribution in [0.15, 0.2) is 53.6 Å². The molecular formula is C38H44N6O6. The maximum Gasteiger partial charge on any atom is 0.259 e. The van der Waals surface area contributed by atoms with E-state index in [4.69, 9.17) is 9.47 Å². The quantitative estimate of drug-likeness (QED) is 0.194. The van der Waals surface area contributed by atoms with Gasteiger partial charge in [-0.25, -0.2) is 4.98 Å². The highest BCUT2D eigenvalue weighted by molar-refractivity contribution is 6.01. The number of anilines is 2. The van der Waals surface area contributed by atoms with Crippen LogP contribution < -0.4 is 30.1 Å². The molecule has 3 amide bonds. The van der Waals surface area contributed by atoms with Crippen LogP contribution in [0.2, 0.25) is 0 Å². The topological polar surface area (TPSA) is 126 Å². The molecule has 6 rings (SSSR count). The molecule has 4 aromatic rings. The van der Waals surface area contributed by atoms with E-state index in [-0.39, 0.29) is 23.8 Å². The van der Waals surface area contributed by atoms with E-state index < -0.39 is 11.9 Å². The third kappa shape index (κ3) is 6.61. The van der Waals surface area contributed by atoms with Gasteiger partial charge in [-0.2, -0.15) is 0 Å². The van der Waals surface area contributed by atoms with Gasteiger partial charge in [-0.05, 0) is 79.1 Å². The highest BCUT2D eigenvalue weighted by Gasteiger charge is 2.32. The van der Waals surface area contributed by atoms with E-state index in [0.29, 0.717) is 24.8 Å². The lowest BCUT2D eigenvalue weighted by atomic mass is 9.86. The fourth-order valence-corrected chi connectivity index (χ4v) is 7.22. The number of hydrogen-bond acceptors (Lipinski definition) is 9. The van der Waals surface area contributed by atoms with Crippen LogP contribution >= 0.6 is 0 Å².